The lowest BCUT2D eigenvalue weighted by Gasteiger charge is -2.40. The molecule has 134 valence electrons. The SMILES string of the molecule is CC[C@H]1O[C@@H](c2ccncc2N)C[C@@H](NC(=O)OC(C)(C)C)[C@@H]1O. The number of nitrogen functional groups attached to an aromatic ring is 1. The number of aliphatic hydroxyl groups excluding tert-OH is 1. The monoisotopic (exact) mass is 337 g/mol. The first-order valence-electron chi connectivity index (χ1n) is 8.23. The van der Waals surface area contributed by atoms with E-state index in [-0.39, 0.29) is 6.10 Å². The number of aliphatic hydroxyl groups is 1. The second-order valence-electron chi connectivity index (χ2n) is 7.06. The summed E-state index contributed by atoms with van der Waals surface area (Å²) in [4.78, 5) is 16.0. The summed E-state index contributed by atoms with van der Waals surface area (Å²) in [5.74, 6) is 0. The molecule has 0 bridgehead atoms. The number of pyridine rings is 1. The Labute approximate surface area is 142 Å². The van der Waals surface area contributed by atoms with E-state index < -0.39 is 29.9 Å². The van der Waals surface area contributed by atoms with Crippen LogP contribution in [-0.2, 0) is 9.47 Å². The molecule has 0 aromatic carbocycles. The molecule has 1 aromatic rings. The predicted molar refractivity (Wildman–Crippen MR) is 90.3 cm³/mol. The van der Waals surface area contributed by atoms with E-state index in [0.717, 1.165) is 5.56 Å². The minimum Gasteiger partial charge on any atom is -0.444 e. The Hall–Kier alpha value is -1.86. The van der Waals surface area contributed by atoms with Crippen molar-refractivity contribution in [3.05, 3.63) is 24.0 Å². The number of anilines is 1. The number of carbonyl (C=O) groups excluding carboxylic acids is 1. The van der Waals surface area contributed by atoms with Crippen LogP contribution in [0.15, 0.2) is 18.5 Å². The molecule has 1 aliphatic rings. The van der Waals surface area contributed by atoms with Gasteiger partial charge in [-0.25, -0.2) is 4.79 Å². The topological polar surface area (TPSA) is 107 Å². The molecule has 1 amide bonds. The number of amides is 1. The number of aromatic nitrogens is 1. The lowest BCUT2D eigenvalue weighted by molar-refractivity contribution is -0.134. The molecule has 24 heavy (non-hydrogen) atoms. The fourth-order valence-corrected chi connectivity index (χ4v) is 2.83. The summed E-state index contributed by atoms with van der Waals surface area (Å²) >= 11 is 0. The van der Waals surface area contributed by atoms with Crippen molar-refractivity contribution in [3.63, 3.8) is 0 Å². The van der Waals surface area contributed by atoms with Crippen molar-refractivity contribution in [2.24, 2.45) is 0 Å². The Balaban J connectivity index is 2.14. The van der Waals surface area contributed by atoms with Crippen LogP contribution in [-0.4, -0.2) is 40.0 Å². The smallest absolute Gasteiger partial charge is 0.407 e. The van der Waals surface area contributed by atoms with Gasteiger partial charge in [0.2, 0.25) is 0 Å². The predicted octanol–water partition coefficient (Wildman–Crippen LogP) is 2.16. The third kappa shape index (κ3) is 4.58. The zero-order valence-electron chi connectivity index (χ0n) is 14.7. The molecule has 0 aliphatic carbocycles. The quantitative estimate of drug-likeness (QED) is 0.780. The van der Waals surface area contributed by atoms with Crippen LogP contribution in [0.1, 0.15) is 52.2 Å². The summed E-state index contributed by atoms with van der Waals surface area (Å²) in [6.07, 6.45) is 2.18. The molecule has 1 aliphatic heterocycles. The molecular formula is C17H27N3O4. The first kappa shape index (κ1) is 18.5. The Morgan fingerprint density at radius 2 is 2.25 bits per heavy atom. The summed E-state index contributed by atoms with van der Waals surface area (Å²) in [6.45, 7) is 7.31. The Morgan fingerprint density at radius 1 is 1.54 bits per heavy atom. The van der Waals surface area contributed by atoms with Gasteiger partial charge >= 0.3 is 6.09 Å². The number of nitrogens with two attached hydrogens (primary N) is 1. The maximum absolute atomic E-state index is 12.1. The van der Waals surface area contributed by atoms with Gasteiger partial charge in [-0.3, -0.25) is 4.98 Å². The first-order valence-corrected chi connectivity index (χ1v) is 8.23. The summed E-state index contributed by atoms with van der Waals surface area (Å²) in [5, 5.41) is 13.2. The number of nitrogens with zero attached hydrogens (tertiary/aromatic N) is 1. The highest BCUT2D eigenvalue weighted by Gasteiger charge is 2.39. The van der Waals surface area contributed by atoms with Gasteiger partial charge in [-0.05, 0) is 33.3 Å². The van der Waals surface area contributed by atoms with E-state index in [1.165, 1.54) is 0 Å². The fourth-order valence-electron chi connectivity index (χ4n) is 2.83. The summed E-state index contributed by atoms with van der Waals surface area (Å²) in [5.41, 5.74) is 6.73. The third-order valence-corrected chi connectivity index (χ3v) is 3.94. The van der Waals surface area contributed by atoms with Gasteiger partial charge in [-0.15, -0.1) is 0 Å². The van der Waals surface area contributed by atoms with Crippen LogP contribution < -0.4 is 11.1 Å². The van der Waals surface area contributed by atoms with E-state index >= 15 is 0 Å². The van der Waals surface area contributed by atoms with Gasteiger partial charge in [0.05, 0.1) is 30.1 Å². The Bertz CT molecular complexity index is 573. The van der Waals surface area contributed by atoms with Crippen LogP contribution in [0.25, 0.3) is 0 Å². The molecule has 2 rings (SSSR count). The van der Waals surface area contributed by atoms with Gasteiger partial charge in [0.1, 0.15) is 11.7 Å². The Morgan fingerprint density at radius 3 is 2.83 bits per heavy atom. The summed E-state index contributed by atoms with van der Waals surface area (Å²) < 4.78 is 11.3. The van der Waals surface area contributed by atoms with E-state index in [1.807, 2.05) is 6.92 Å². The molecule has 4 N–H and O–H groups in total. The van der Waals surface area contributed by atoms with E-state index in [9.17, 15) is 9.90 Å². The second-order valence-corrected chi connectivity index (χ2v) is 7.06. The second kappa shape index (κ2) is 7.36. The lowest BCUT2D eigenvalue weighted by Crippen LogP contribution is -2.54. The van der Waals surface area contributed by atoms with Crippen molar-refractivity contribution in [2.75, 3.05) is 5.73 Å². The van der Waals surface area contributed by atoms with Gasteiger partial charge in [-0.2, -0.15) is 0 Å². The molecule has 0 spiro atoms. The Kier molecular flexibility index (Phi) is 5.66. The average Bonchev–Trinajstić information content (AvgIpc) is 2.48. The maximum Gasteiger partial charge on any atom is 0.407 e. The third-order valence-electron chi connectivity index (χ3n) is 3.94. The minimum atomic E-state index is -0.804. The molecule has 1 fully saturated rings. The maximum atomic E-state index is 12.1. The highest BCUT2D eigenvalue weighted by atomic mass is 16.6. The van der Waals surface area contributed by atoms with Gasteiger partial charge in [0, 0.05) is 18.2 Å². The van der Waals surface area contributed by atoms with Gasteiger partial charge < -0.3 is 25.6 Å². The molecule has 7 heteroatoms. The molecule has 0 unspecified atom stereocenters. The van der Waals surface area contributed by atoms with E-state index in [4.69, 9.17) is 15.2 Å². The lowest BCUT2D eigenvalue weighted by atomic mass is 9.90. The number of alkyl carbamates (subject to hydrolysis) is 1. The number of carbonyl (C=O) groups is 1. The molecule has 7 nitrogen and oxygen atoms in total. The van der Waals surface area contributed by atoms with Crippen molar-refractivity contribution in [2.45, 2.75) is 70.5 Å². The highest BCUT2D eigenvalue weighted by molar-refractivity contribution is 5.68. The highest BCUT2D eigenvalue weighted by Crippen LogP contribution is 2.35. The number of hydrogen-bond acceptors (Lipinski definition) is 6. The summed E-state index contributed by atoms with van der Waals surface area (Å²) in [7, 11) is 0. The molecule has 0 saturated carbocycles. The van der Waals surface area contributed by atoms with E-state index in [2.05, 4.69) is 10.3 Å². The van der Waals surface area contributed by atoms with Crippen LogP contribution in [0.2, 0.25) is 0 Å². The zero-order valence-corrected chi connectivity index (χ0v) is 14.7. The van der Waals surface area contributed by atoms with Crippen LogP contribution in [0.3, 0.4) is 0 Å². The average molecular weight is 337 g/mol. The van der Waals surface area contributed by atoms with Gasteiger partial charge in [-0.1, -0.05) is 6.92 Å². The molecule has 1 aromatic heterocycles. The van der Waals surface area contributed by atoms with Crippen LogP contribution in [0, 0.1) is 0 Å². The van der Waals surface area contributed by atoms with Crippen molar-refractivity contribution in [3.8, 4) is 0 Å². The van der Waals surface area contributed by atoms with Gasteiger partial charge in [0.25, 0.3) is 0 Å². The number of nitrogens with one attached hydrogen (secondary N) is 1. The molecule has 1 saturated heterocycles. The number of hydrogen-bond donors (Lipinski definition) is 3. The fraction of sp³-hybridized carbons (Fsp3) is 0.647. The van der Waals surface area contributed by atoms with Crippen molar-refractivity contribution >= 4 is 11.8 Å². The largest absolute Gasteiger partial charge is 0.444 e. The van der Waals surface area contributed by atoms with E-state index in [0.29, 0.717) is 18.5 Å². The zero-order chi connectivity index (χ0) is 17.9. The normalized spacial score (nSPS) is 27.5. The number of rotatable bonds is 3. The summed E-state index contributed by atoms with van der Waals surface area (Å²) in [6, 6.07) is 1.32. The van der Waals surface area contributed by atoms with Crippen LogP contribution in [0.4, 0.5) is 10.5 Å². The standard InChI is InChI=1S/C17H27N3O4/c1-5-13-15(21)12(20-16(22)24-17(2,3)4)8-14(23-13)10-6-7-19-9-11(10)18/h6-7,9,12-15,21H,5,8,18H2,1-4H3,(H,20,22)/t12-,13-,14-,15+/m1/s1. The van der Waals surface area contributed by atoms with Crippen molar-refractivity contribution in [1.82, 2.24) is 10.3 Å². The number of ether oxygens (including phenoxy) is 2. The molecule has 0 radical (unpaired) electrons. The molecule has 4 atom stereocenters. The molecular weight excluding hydrogens is 310 g/mol. The van der Waals surface area contributed by atoms with Crippen LogP contribution >= 0.6 is 0 Å². The van der Waals surface area contributed by atoms with E-state index in [1.54, 1.807) is 39.2 Å². The van der Waals surface area contributed by atoms with Crippen molar-refractivity contribution in [1.29, 1.82) is 0 Å². The minimum absolute atomic E-state index is 0.318. The van der Waals surface area contributed by atoms with Crippen LogP contribution in [0.5, 0.6) is 0 Å². The first-order chi connectivity index (χ1) is 11.2. The van der Waals surface area contributed by atoms with Crippen molar-refractivity contribution < 1.29 is 19.4 Å². The van der Waals surface area contributed by atoms with Gasteiger partial charge in [0.15, 0.2) is 0 Å². The molecule has 2 heterocycles.